The zero-order valence-corrected chi connectivity index (χ0v) is 11.8. The molecule has 0 spiro atoms. The molecule has 0 bridgehead atoms. The molecule has 0 aliphatic rings. The van der Waals surface area contributed by atoms with Gasteiger partial charge in [0.25, 0.3) is 0 Å². The summed E-state index contributed by atoms with van der Waals surface area (Å²) >= 11 is 0. The molecule has 0 saturated heterocycles. The van der Waals surface area contributed by atoms with E-state index in [2.05, 4.69) is 5.10 Å². The van der Waals surface area contributed by atoms with Gasteiger partial charge in [-0.2, -0.15) is 18.3 Å². The average Bonchev–Trinajstić information content (AvgIpc) is 2.76. The number of nitrogens with zero attached hydrogens (tertiary/aromatic N) is 2. The van der Waals surface area contributed by atoms with Crippen LogP contribution in [0.2, 0.25) is 0 Å². The van der Waals surface area contributed by atoms with Crippen LogP contribution < -0.4 is 4.74 Å². The first-order chi connectivity index (χ1) is 10.2. The highest BCUT2D eigenvalue weighted by Gasteiger charge is 2.31. The van der Waals surface area contributed by atoms with Crippen molar-refractivity contribution in [1.29, 1.82) is 0 Å². The third kappa shape index (κ3) is 3.21. The predicted octanol–water partition coefficient (Wildman–Crippen LogP) is 2.97. The van der Waals surface area contributed by atoms with Crippen LogP contribution in [0.5, 0.6) is 5.75 Å². The van der Waals surface area contributed by atoms with E-state index in [0.717, 1.165) is 12.1 Å². The second-order valence-electron chi connectivity index (χ2n) is 4.63. The highest BCUT2D eigenvalue weighted by atomic mass is 19.4. The summed E-state index contributed by atoms with van der Waals surface area (Å²) in [6, 6.07) is 3.14. The number of methoxy groups -OCH3 is 1. The number of aromatic nitrogens is 2. The number of carboxylic acids is 1. The number of ether oxygens (including phenoxy) is 1. The molecule has 0 unspecified atom stereocenters. The van der Waals surface area contributed by atoms with Gasteiger partial charge in [-0.15, -0.1) is 0 Å². The Labute approximate surface area is 123 Å². The van der Waals surface area contributed by atoms with Crippen molar-refractivity contribution in [1.82, 2.24) is 9.78 Å². The molecule has 0 amide bonds. The summed E-state index contributed by atoms with van der Waals surface area (Å²) in [4.78, 5) is 10.7. The van der Waals surface area contributed by atoms with E-state index in [1.54, 1.807) is 6.92 Å². The van der Waals surface area contributed by atoms with Gasteiger partial charge < -0.3 is 9.84 Å². The lowest BCUT2D eigenvalue weighted by atomic mass is 10.0. The van der Waals surface area contributed by atoms with Gasteiger partial charge in [0.05, 0.1) is 18.4 Å². The molecule has 5 nitrogen and oxygen atoms in total. The van der Waals surface area contributed by atoms with Crippen molar-refractivity contribution in [2.45, 2.75) is 19.6 Å². The minimum absolute atomic E-state index is 0.0489. The van der Waals surface area contributed by atoms with Crippen LogP contribution in [0.4, 0.5) is 13.2 Å². The van der Waals surface area contributed by atoms with Crippen molar-refractivity contribution in [2.24, 2.45) is 0 Å². The molecule has 2 aromatic rings. The molecule has 2 rings (SSSR count). The normalized spacial score (nSPS) is 11.5. The lowest BCUT2D eigenvalue weighted by Gasteiger charge is -2.12. The van der Waals surface area contributed by atoms with Crippen molar-refractivity contribution in [3.63, 3.8) is 0 Å². The minimum Gasteiger partial charge on any atom is -0.496 e. The highest BCUT2D eigenvalue weighted by molar-refractivity contribution is 5.73. The monoisotopic (exact) mass is 314 g/mol. The maximum Gasteiger partial charge on any atom is 0.416 e. The smallest absolute Gasteiger partial charge is 0.416 e. The fraction of sp³-hybridized carbons (Fsp3) is 0.286. The average molecular weight is 314 g/mol. The van der Waals surface area contributed by atoms with Gasteiger partial charge in [0.2, 0.25) is 0 Å². The Morgan fingerprint density at radius 1 is 1.36 bits per heavy atom. The number of hydrogen-bond acceptors (Lipinski definition) is 3. The van der Waals surface area contributed by atoms with Crippen LogP contribution in [-0.2, 0) is 17.5 Å². The molecular weight excluding hydrogens is 301 g/mol. The van der Waals surface area contributed by atoms with Crippen LogP contribution in [0.1, 0.15) is 11.3 Å². The molecule has 0 atom stereocenters. The second-order valence-corrected chi connectivity index (χ2v) is 4.63. The lowest BCUT2D eigenvalue weighted by molar-refractivity contribution is -0.138. The number of carboxylic acid groups (broad SMARTS) is 1. The summed E-state index contributed by atoms with van der Waals surface area (Å²) < 4.78 is 44.4. The zero-order chi connectivity index (χ0) is 16.5. The molecule has 0 aliphatic heterocycles. The van der Waals surface area contributed by atoms with Crippen LogP contribution in [0.25, 0.3) is 11.1 Å². The summed E-state index contributed by atoms with van der Waals surface area (Å²) in [5, 5.41) is 12.8. The van der Waals surface area contributed by atoms with Crippen LogP contribution in [-0.4, -0.2) is 28.0 Å². The summed E-state index contributed by atoms with van der Waals surface area (Å²) in [7, 11) is 1.27. The van der Waals surface area contributed by atoms with E-state index in [1.807, 2.05) is 0 Å². The number of carbonyl (C=O) groups is 1. The summed E-state index contributed by atoms with van der Waals surface area (Å²) in [5.74, 6) is -1.01. The lowest BCUT2D eigenvalue weighted by Crippen LogP contribution is -2.08. The van der Waals surface area contributed by atoms with Crippen molar-refractivity contribution in [2.75, 3.05) is 7.11 Å². The van der Waals surface area contributed by atoms with Gasteiger partial charge in [-0.25, -0.2) is 0 Å². The fourth-order valence-electron chi connectivity index (χ4n) is 2.09. The van der Waals surface area contributed by atoms with Gasteiger partial charge in [0.15, 0.2) is 0 Å². The van der Waals surface area contributed by atoms with E-state index in [9.17, 15) is 18.0 Å². The molecule has 0 fully saturated rings. The number of halogens is 3. The van der Waals surface area contributed by atoms with E-state index < -0.39 is 17.7 Å². The summed E-state index contributed by atoms with van der Waals surface area (Å²) in [6.07, 6.45) is -3.00. The molecule has 1 N–H and O–H groups in total. The number of rotatable bonds is 4. The molecular formula is C14H13F3N2O3. The fourth-order valence-corrected chi connectivity index (χ4v) is 2.09. The van der Waals surface area contributed by atoms with Crippen LogP contribution in [0, 0.1) is 6.92 Å². The van der Waals surface area contributed by atoms with Crippen molar-refractivity contribution >= 4 is 5.97 Å². The van der Waals surface area contributed by atoms with Gasteiger partial charge in [-0.3, -0.25) is 9.48 Å². The van der Waals surface area contributed by atoms with Gasteiger partial charge in [0, 0.05) is 17.3 Å². The first-order valence-corrected chi connectivity index (χ1v) is 6.24. The molecule has 22 heavy (non-hydrogen) atoms. The zero-order valence-electron chi connectivity index (χ0n) is 11.8. The number of hydrogen-bond donors (Lipinski definition) is 1. The molecule has 1 aromatic heterocycles. The molecule has 0 radical (unpaired) electrons. The van der Waals surface area contributed by atoms with E-state index in [-0.39, 0.29) is 12.3 Å². The summed E-state index contributed by atoms with van der Waals surface area (Å²) in [6.45, 7) is 1.31. The Kier molecular flexibility index (Phi) is 4.11. The Morgan fingerprint density at radius 2 is 2.05 bits per heavy atom. The summed E-state index contributed by atoms with van der Waals surface area (Å²) in [5.41, 5.74) is 0.624. The molecule has 1 aromatic carbocycles. The Hall–Kier alpha value is -2.51. The first-order valence-electron chi connectivity index (χ1n) is 6.24. The molecule has 0 aliphatic carbocycles. The van der Waals surface area contributed by atoms with Crippen molar-refractivity contribution in [3.8, 4) is 16.9 Å². The number of benzene rings is 1. The molecule has 8 heteroatoms. The third-order valence-electron chi connectivity index (χ3n) is 3.06. The van der Waals surface area contributed by atoms with Gasteiger partial charge in [0.1, 0.15) is 12.3 Å². The van der Waals surface area contributed by atoms with Gasteiger partial charge in [-0.1, -0.05) is 0 Å². The van der Waals surface area contributed by atoms with Gasteiger partial charge in [-0.05, 0) is 25.1 Å². The minimum atomic E-state index is -4.46. The third-order valence-corrected chi connectivity index (χ3v) is 3.06. The van der Waals surface area contributed by atoms with Crippen LogP contribution >= 0.6 is 0 Å². The van der Waals surface area contributed by atoms with E-state index in [1.165, 1.54) is 24.1 Å². The van der Waals surface area contributed by atoms with E-state index in [4.69, 9.17) is 9.84 Å². The maximum atomic E-state index is 12.7. The SMILES string of the molecule is COc1cc(C(F)(F)F)ccc1-c1cn(CC(=O)O)nc1C. The Balaban J connectivity index is 2.48. The van der Waals surface area contributed by atoms with Crippen molar-refractivity contribution in [3.05, 3.63) is 35.7 Å². The van der Waals surface area contributed by atoms with Crippen LogP contribution in [0.15, 0.2) is 24.4 Å². The number of aryl methyl sites for hydroxylation is 1. The second kappa shape index (κ2) is 5.70. The predicted molar refractivity (Wildman–Crippen MR) is 71.6 cm³/mol. The van der Waals surface area contributed by atoms with Gasteiger partial charge >= 0.3 is 12.1 Å². The Morgan fingerprint density at radius 3 is 2.59 bits per heavy atom. The molecule has 1 heterocycles. The van der Waals surface area contributed by atoms with Crippen molar-refractivity contribution < 1.29 is 27.8 Å². The van der Waals surface area contributed by atoms with E-state index >= 15 is 0 Å². The molecule has 0 saturated carbocycles. The molecule has 118 valence electrons. The largest absolute Gasteiger partial charge is 0.496 e. The topological polar surface area (TPSA) is 64.3 Å². The highest BCUT2D eigenvalue weighted by Crippen LogP contribution is 2.37. The number of alkyl halides is 3. The van der Waals surface area contributed by atoms with Crippen LogP contribution in [0.3, 0.4) is 0 Å². The maximum absolute atomic E-state index is 12.7. The first kappa shape index (κ1) is 15.9. The van der Waals surface area contributed by atoms with E-state index in [0.29, 0.717) is 16.8 Å². The number of aliphatic carboxylic acids is 1. The quantitative estimate of drug-likeness (QED) is 0.942. The Bertz CT molecular complexity index is 708. The standard InChI is InChI=1S/C14H13F3N2O3/c1-8-11(6-19(18-8)7-13(20)21)10-4-3-9(14(15,16)17)5-12(10)22-2/h3-6H,7H2,1-2H3,(H,20,21).